The summed E-state index contributed by atoms with van der Waals surface area (Å²) < 4.78 is 0. The summed E-state index contributed by atoms with van der Waals surface area (Å²) in [6, 6.07) is 9.18. The second-order valence-electron chi connectivity index (χ2n) is 4.63. The molecule has 19 heavy (non-hydrogen) atoms. The van der Waals surface area contributed by atoms with Gasteiger partial charge in [0.25, 0.3) is 5.91 Å². The van der Waals surface area contributed by atoms with Gasteiger partial charge in [-0.2, -0.15) is 0 Å². The van der Waals surface area contributed by atoms with Gasteiger partial charge in [0.1, 0.15) is 0 Å². The molecule has 0 radical (unpaired) electrons. The fraction of sp³-hybridized carbons (Fsp3) is 0.467. The monoisotopic (exact) mass is 262 g/mol. The van der Waals surface area contributed by atoms with E-state index in [0.717, 1.165) is 12.8 Å². The second kappa shape index (κ2) is 8.29. The van der Waals surface area contributed by atoms with E-state index in [1.807, 2.05) is 25.1 Å². The van der Waals surface area contributed by atoms with Crippen LogP contribution >= 0.6 is 0 Å². The quantitative estimate of drug-likeness (QED) is 0.790. The summed E-state index contributed by atoms with van der Waals surface area (Å²) in [7, 11) is 0. The summed E-state index contributed by atoms with van der Waals surface area (Å²) in [5, 5.41) is 5.64. The molecule has 0 heterocycles. The minimum Gasteiger partial charge on any atom is -0.354 e. The molecule has 1 atom stereocenters. The molecule has 4 nitrogen and oxygen atoms in total. The number of amides is 2. The lowest BCUT2D eigenvalue weighted by Gasteiger charge is -2.12. The topological polar surface area (TPSA) is 58.2 Å². The van der Waals surface area contributed by atoms with Gasteiger partial charge in [-0.3, -0.25) is 9.59 Å². The van der Waals surface area contributed by atoms with Gasteiger partial charge in [-0.15, -0.1) is 0 Å². The molecule has 2 N–H and O–H groups in total. The first kappa shape index (κ1) is 15.2. The number of benzene rings is 1. The molecule has 0 aliphatic heterocycles. The Labute approximate surface area is 114 Å². The molecule has 0 bridgehead atoms. The maximum Gasteiger partial charge on any atom is 0.251 e. The summed E-state index contributed by atoms with van der Waals surface area (Å²) in [5.41, 5.74) is 0.613. The zero-order chi connectivity index (χ0) is 14.1. The highest BCUT2D eigenvalue weighted by Crippen LogP contribution is 1.98. The highest BCUT2D eigenvalue weighted by Gasteiger charge is 2.08. The number of nitrogens with one attached hydrogen (secondary N) is 2. The van der Waals surface area contributed by atoms with Crippen LogP contribution in [0.25, 0.3) is 0 Å². The predicted molar refractivity (Wildman–Crippen MR) is 75.9 cm³/mol. The first-order valence-electron chi connectivity index (χ1n) is 6.76. The van der Waals surface area contributed by atoms with Crippen molar-refractivity contribution < 1.29 is 9.59 Å². The number of hydrogen-bond acceptors (Lipinski definition) is 2. The van der Waals surface area contributed by atoms with Gasteiger partial charge in [0.15, 0.2) is 0 Å². The van der Waals surface area contributed by atoms with Gasteiger partial charge < -0.3 is 10.6 Å². The Kier molecular flexibility index (Phi) is 6.64. The highest BCUT2D eigenvalue weighted by molar-refractivity contribution is 5.94. The van der Waals surface area contributed by atoms with Crippen molar-refractivity contribution in [2.75, 3.05) is 6.54 Å². The molecule has 0 aromatic heterocycles. The maximum absolute atomic E-state index is 11.7. The number of hydrogen-bond donors (Lipinski definition) is 2. The van der Waals surface area contributed by atoms with Crippen molar-refractivity contribution in [1.29, 1.82) is 0 Å². The van der Waals surface area contributed by atoms with E-state index in [-0.39, 0.29) is 17.9 Å². The summed E-state index contributed by atoms with van der Waals surface area (Å²) >= 11 is 0. The van der Waals surface area contributed by atoms with Crippen LogP contribution in [0.3, 0.4) is 0 Å². The van der Waals surface area contributed by atoms with Gasteiger partial charge in [-0.25, -0.2) is 0 Å². The van der Waals surface area contributed by atoms with Crippen molar-refractivity contribution in [2.45, 2.75) is 39.2 Å². The fourth-order valence-electron chi connectivity index (χ4n) is 1.83. The predicted octanol–water partition coefficient (Wildman–Crippen LogP) is 2.11. The van der Waals surface area contributed by atoms with E-state index in [4.69, 9.17) is 0 Å². The van der Waals surface area contributed by atoms with Crippen LogP contribution in [0.1, 0.15) is 43.5 Å². The maximum atomic E-state index is 11.7. The van der Waals surface area contributed by atoms with Gasteiger partial charge in [0.2, 0.25) is 5.91 Å². The van der Waals surface area contributed by atoms with E-state index >= 15 is 0 Å². The van der Waals surface area contributed by atoms with Crippen LogP contribution in [0.15, 0.2) is 30.3 Å². The minimum atomic E-state index is -0.144. The lowest BCUT2D eigenvalue weighted by molar-refractivity contribution is -0.121. The zero-order valence-electron chi connectivity index (χ0n) is 11.6. The van der Waals surface area contributed by atoms with Crippen LogP contribution in [-0.2, 0) is 4.79 Å². The van der Waals surface area contributed by atoms with Crippen molar-refractivity contribution in [1.82, 2.24) is 10.6 Å². The van der Waals surface area contributed by atoms with Crippen molar-refractivity contribution in [3.8, 4) is 0 Å². The molecule has 0 spiro atoms. The fourth-order valence-corrected chi connectivity index (χ4v) is 1.83. The first-order valence-corrected chi connectivity index (χ1v) is 6.76. The van der Waals surface area contributed by atoms with Crippen LogP contribution in [0.4, 0.5) is 0 Å². The van der Waals surface area contributed by atoms with Crippen molar-refractivity contribution in [2.24, 2.45) is 0 Å². The van der Waals surface area contributed by atoms with E-state index in [0.29, 0.717) is 18.5 Å². The van der Waals surface area contributed by atoms with Crippen LogP contribution in [0.2, 0.25) is 0 Å². The number of rotatable bonds is 7. The molecule has 2 amide bonds. The molecule has 0 saturated carbocycles. The SMILES string of the molecule is CCCC(C)NC(=O)CCNC(=O)c1ccccc1. The third-order valence-corrected chi connectivity index (χ3v) is 2.80. The third-order valence-electron chi connectivity index (χ3n) is 2.80. The summed E-state index contributed by atoms with van der Waals surface area (Å²) in [6.07, 6.45) is 2.33. The zero-order valence-corrected chi connectivity index (χ0v) is 11.6. The van der Waals surface area contributed by atoms with E-state index in [1.54, 1.807) is 12.1 Å². The van der Waals surface area contributed by atoms with Crippen molar-refractivity contribution >= 4 is 11.8 Å². The highest BCUT2D eigenvalue weighted by atomic mass is 16.2. The van der Waals surface area contributed by atoms with Crippen molar-refractivity contribution in [3.05, 3.63) is 35.9 Å². The second-order valence-corrected chi connectivity index (χ2v) is 4.63. The largest absolute Gasteiger partial charge is 0.354 e. The normalized spacial score (nSPS) is 11.7. The smallest absolute Gasteiger partial charge is 0.251 e. The van der Waals surface area contributed by atoms with Crippen molar-refractivity contribution in [3.63, 3.8) is 0 Å². The van der Waals surface area contributed by atoms with E-state index in [2.05, 4.69) is 17.6 Å². The number of carbonyl (C=O) groups is 2. The van der Waals surface area contributed by atoms with Crippen LogP contribution < -0.4 is 10.6 Å². The van der Waals surface area contributed by atoms with Gasteiger partial charge in [0.05, 0.1) is 0 Å². The Morgan fingerprint density at radius 1 is 1.21 bits per heavy atom. The molecule has 1 aromatic rings. The molecular formula is C15H22N2O2. The molecule has 4 heteroatoms. The Balaban J connectivity index is 2.23. The lowest BCUT2D eigenvalue weighted by atomic mass is 10.2. The van der Waals surface area contributed by atoms with Crippen LogP contribution in [0, 0.1) is 0 Å². The molecule has 0 fully saturated rings. The lowest BCUT2D eigenvalue weighted by Crippen LogP contribution is -2.35. The van der Waals surface area contributed by atoms with Crippen LogP contribution in [0.5, 0.6) is 0 Å². The van der Waals surface area contributed by atoms with Gasteiger partial charge in [-0.1, -0.05) is 31.5 Å². The summed E-state index contributed by atoms with van der Waals surface area (Å²) in [5.74, 6) is -0.163. The summed E-state index contributed by atoms with van der Waals surface area (Å²) in [6.45, 7) is 4.44. The Morgan fingerprint density at radius 3 is 2.53 bits per heavy atom. The van der Waals surface area contributed by atoms with Gasteiger partial charge in [0, 0.05) is 24.6 Å². The molecule has 0 saturated heterocycles. The summed E-state index contributed by atoms with van der Waals surface area (Å²) in [4.78, 5) is 23.3. The van der Waals surface area contributed by atoms with E-state index < -0.39 is 0 Å². The average molecular weight is 262 g/mol. The molecule has 1 unspecified atom stereocenters. The Hall–Kier alpha value is -1.84. The average Bonchev–Trinajstić information content (AvgIpc) is 2.39. The Bertz CT molecular complexity index is 404. The van der Waals surface area contributed by atoms with E-state index in [1.165, 1.54) is 0 Å². The molecule has 0 aliphatic rings. The minimum absolute atomic E-state index is 0.0192. The Morgan fingerprint density at radius 2 is 1.89 bits per heavy atom. The first-order chi connectivity index (χ1) is 9.13. The number of carbonyl (C=O) groups excluding carboxylic acids is 2. The van der Waals surface area contributed by atoms with Gasteiger partial charge in [-0.05, 0) is 25.5 Å². The molecule has 1 rings (SSSR count). The third kappa shape index (κ3) is 6.04. The molecular weight excluding hydrogens is 240 g/mol. The molecule has 0 aliphatic carbocycles. The van der Waals surface area contributed by atoms with Crippen LogP contribution in [-0.4, -0.2) is 24.4 Å². The standard InChI is InChI=1S/C15H22N2O2/c1-3-7-12(2)17-14(18)10-11-16-15(19)13-8-5-4-6-9-13/h4-6,8-9,12H,3,7,10-11H2,1-2H3,(H,16,19)(H,17,18). The van der Waals surface area contributed by atoms with E-state index in [9.17, 15) is 9.59 Å². The molecule has 1 aromatic carbocycles. The molecule has 104 valence electrons. The van der Waals surface area contributed by atoms with Gasteiger partial charge >= 0.3 is 0 Å².